The molecule has 3 aromatic rings. The number of methoxy groups -OCH3 is 1. The predicted molar refractivity (Wildman–Crippen MR) is 88.3 cm³/mol. The van der Waals surface area contributed by atoms with Crippen LogP contribution in [0.1, 0.15) is 5.56 Å². The number of hydrogen-bond donors (Lipinski definition) is 0. The van der Waals surface area contributed by atoms with Crippen molar-refractivity contribution >= 4 is 17.4 Å². The van der Waals surface area contributed by atoms with Gasteiger partial charge >= 0.3 is 0 Å². The van der Waals surface area contributed by atoms with Gasteiger partial charge in [0.2, 0.25) is 5.16 Å². The van der Waals surface area contributed by atoms with Crippen LogP contribution in [0.2, 0.25) is 0 Å². The summed E-state index contributed by atoms with van der Waals surface area (Å²) in [6.07, 6.45) is 0. The molecule has 0 unspecified atom stereocenters. The Morgan fingerprint density at radius 1 is 1.28 bits per heavy atom. The third-order valence-electron chi connectivity index (χ3n) is 3.39. The van der Waals surface area contributed by atoms with Crippen molar-refractivity contribution in [2.75, 3.05) is 7.11 Å². The lowest BCUT2D eigenvalue weighted by Crippen LogP contribution is -2.01. The highest BCUT2D eigenvalue weighted by Crippen LogP contribution is 2.29. The molecule has 3 rings (SSSR count). The van der Waals surface area contributed by atoms with Crippen LogP contribution in [0, 0.1) is 15.9 Å². The second-order valence-corrected chi connectivity index (χ2v) is 5.80. The van der Waals surface area contributed by atoms with Crippen molar-refractivity contribution in [2.45, 2.75) is 10.9 Å². The van der Waals surface area contributed by atoms with Gasteiger partial charge < -0.3 is 4.74 Å². The van der Waals surface area contributed by atoms with E-state index in [0.29, 0.717) is 16.6 Å². The number of hydrogen-bond acceptors (Lipinski definition) is 7. The van der Waals surface area contributed by atoms with Gasteiger partial charge in [0.15, 0.2) is 0 Å². The van der Waals surface area contributed by atoms with E-state index in [1.807, 2.05) is 0 Å². The van der Waals surface area contributed by atoms with E-state index in [1.54, 1.807) is 31.4 Å². The lowest BCUT2D eigenvalue weighted by Gasteiger charge is -2.06. The Hall–Kier alpha value is -3.01. The van der Waals surface area contributed by atoms with Gasteiger partial charge in [0.25, 0.3) is 5.69 Å². The molecule has 0 aliphatic carbocycles. The lowest BCUT2D eigenvalue weighted by atomic mass is 10.2. The molecule has 1 aromatic heterocycles. The molecule has 0 aliphatic heterocycles. The maximum atomic E-state index is 14.0. The van der Waals surface area contributed by atoms with Crippen LogP contribution >= 0.6 is 11.8 Å². The number of benzene rings is 2. The molecule has 0 fully saturated rings. The monoisotopic (exact) mass is 361 g/mol. The Labute approximate surface area is 145 Å². The summed E-state index contributed by atoms with van der Waals surface area (Å²) in [4.78, 5) is 10.5. The number of nitro groups is 1. The summed E-state index contributed by atoms with van der Waals surface area (Å²) in [7, 11) is 1.56. The van der Waals surface area contributed by atoms with E-state index in [1.165, 1.54) is 22.9 Å². The maximum Gasteiger partial charge on any atom is 0.276 e. The average molecular weight is 361 g/mol. The van der Waals surface area contributed by atoms with Crippen molar-refractivity contribution in [1.29, 1.82) is 0 Å². The van der Waals surface area contributed by atoms with Gasteiger partial charge in [0, 0.05) is 11.8 Å². The van der Waals surface area contributed by atoms with Crippen LogP contribution in [0.5, 0.6) is 5.75 Å². The Morgan fingerprint density at radius 3 is 2.72 bits per heavy atom. The Bertz CT molecular complexity index is 900. The number of nitro benzene ring substituents is 1. The SMILES string of the molecule is COc1ccc(-n2nnnc2SCc2c(F)cccc2[N+](=O)[O-])cc1. The standard InChI is InChI=1S/C15H12FN5O3S/c1-24-11-7-5-10(6-8-11)20-15(17-18-19-20)25-9-12-13(16)3-2-4-14(12)21(22)23/h2-8H,9H2,1H3. The zero-order chi connectivity index (χ0) is 17.8. The molecule has 128 valence electrons. The minimum Gasteiger partial charge on any atom is -0.497 e. The summed E-state index contributed by atoms with van der Waals surface area (Å²) in [6, 6.07) is 10.8. The summed E-state index contributed by atoms with van der Waals surface area (Å²) < 4.78 is 20.5. The zero-order valence-electron chi connectivity index (χ0n) is 13.0. The molecule has 0 N–H and O–H groups in total. The minimum atomic E-state index is -0.634. The van der Waals surface area contributed by atoms with Gasteiger partial charge in [-0.05, 0) is 40.8 Å². The van der Waals surface area contributed by atoms with Crippen molar-refractivity contribution in [1.82, 2.24) is 20.2 Å². The molecule has 0 atom stereocenters. The zero-order valence-corrected chi connectivity index (χ0v) is 13.8. The Kier molecular flexibility index (Phi) is 4.89. The highest BCUT2D eigenvalue weighted by Gasteiger charge is 2.19. The number of ether oxygens (including phenoxy) is 1. The van der Waals surface area contributed by atoms with Crippen LogP contribution < -0.4 is 4.74 Å². The quantitative estimate of drug-likeness (QED) is 0.378. The fourth-order valence-electron chi connectivity index (χ4n) is 2.15. The summed E-state index contributed by atoms with van der Waals surface area (Å²) in [5.74, 6) is 0.0812. The summed E-state index contributed by atoms with van der Waals surface area (Å²) in [6.45, 7) is 0. The van der Waals surface area contributed by atoms with Crippen LogP contribution in [0.15, 0.2) is 47.6 Å². The van der Waals surface area contributed by atoms with Gasteiger partial charge in [0.1, 0.15) is 11.6 Å². The molecular weight excluding hydrogens is 349 g/mol. The molecule has 0 saturated carbocycles. The molecule has 0 spiro atoms. The second kappa shape index (κ2) is 7.26. The fourth-order valence-corrected chi connectivity index (χ4v) is 3.07. The van der Waals surface area contributed by atoms with Crippen molar-refractivity contribution in [3.63, 3.8) is 0 Å². The molecule has 10 heteroatoms. The fraction of sp³-hybridized carbons (Fsp3) is 0.133. The maximum absolute atomic E-state index is 14.0. The normalized spacial score (nSPS) is 10.6. The summed E-state index contributed by atoms with van der Waals surface area (Å²) >= 11 is 1.11. The lowest BCUT2D eigenvalue weighted by molar-refractivity contribution is -0.385. The van der Waals surface area contributed by atoms with E-state index in [9.17, 15) is 14.5 Å². The average Bonchev–Trinajstić information content (AvgIpc) is 3.09. The number of nitrogens with zero attached hydrogens (tertiary/aromatic N) is 5. The first-order chi connectivity index (χ1) is 12.1. The first-order valence-electron chi connectivity index (χ1n) is 7.07. The number of halogens is 1. The minimum absolute atomic E-state index is 0.00165. The highest BCUT2D eigenvalue weighted by atomic mass is 32.2. The largest absolute Gasteiger partial charge is 0.497 e. The number of thioether (sulfide) groups is 1. The topological polar surface area (TPSA) is 96.0 Å². The van der Waals surface area contributed by atoms with Crippen LogP contribution in [0.25, 0.3) is 5.69 Å². The van der Waals surface area contributed by atoms with Crippen LogP contribution in [0.3, 0.4) is 0 Å². The van der Waals surface area contributed by atoms with Crippen molar-refractivity contribution in [2.24, 2.45) is 0 Å². The first kappa shape index (κ1) is 16.8. The number of tetrazole rings is 1. The second-order valence-electron chi connectivity index (χ2n) is 4.85. The Balaban J connectivity index is 1.84. The summed E-state index contributed by atoms with van der Waals surface area (Å²) in [5.41, 5.74) is 0.425. The summed E-state index contributed by atoms with van der Waals surface area (Å²) in [5, 5.41) is 22.9. The highest BCUT2D eigenvalue weighted by molar-refractivity contribution is 7.98. The van der Waals surface area contributed by atoms with Gasteiger partial charge in [-0.1, -0.05) is 17.8 Å². The number of rotatable bonds is 6. The molecule has 0 aliphatic rings. The van der Waals surface area contributed by atoms with E-state index in [4.69, 9.17) is 4.74 Å². The van der Waals surface area contributed by atoms with E-state index in [-0.39, 0.29) is 17.0 Å². The van der Waals surface area contributed by atoms with Crippen LogP contribution in [-0.2, 0) is 5.75 Å². The van der Waals surface area contributed by atoms with Gasteiger partial charge in [-0.3, -0.25) is 10.1 Å². The van der Waals surface area contributed by atoms with Crippen LogP contribution in [0.4, 0.5) is 10.1 Å². The third kappa shape index (κ3) is 3.58. The molecule has 8 nitrogen and oxygen atoms in total. The van der Waals surface area contributed by atoms with Gasteiger partial charge in [-0.2, -0.15) is 4.68 Å². The van der Waals surface area contributed by atoms with Crippen molar-refractivity contribution in [3.8, 4) is 11.4 Å². The first-order valence-corrected chi connectivity index (χ1v) is 8.06. The van der Waals surface area contributed by atoms with E-state index in [0.717, 1.165) is 11.8 Å². The van der Waals surface area contributed by atoms with Crippen LogP contribution in [-0.4, -0.2) is 32.2 Å². The number of aromatic nitrogens is 4. The van der Waals surface area contributed by atoms with E-state index >= 15 is 0 Å². The molecule has 0 bridgehead atoms. The van der Waals surface area contributed by atoms with Crippen molar-refractivity contribution < 1.29 is 14.1 Å². The molecule has 25 heavy (non-hydrogen) atoms. The molecular formula is C15H12FN5O3S. The predicted octanol–water partition coefficient (Wildman–Crippen LogP) is 3.01. The molecule has 2 aromatic carbocycles. The van der Waals surface area contributed by atoms with Crippen molar-refractivity contribution in [3.05, 3.63) is 64.0 Å². The molecule has 0 amide bonds. The van der Waals surface area contributed by atoms with E-state index < -0.39 is 10.7 Å². The molecule has 0 saturated heterocycles. The van der Waals surface area contributed by atoms with Gasteiger partial charge in [0.05, 0.1) is 23.3 Å². The molecule has 1 heterocycles. The Morgan fingerprint density at radius 2 is 2.04 bits per heavy atom. The van der Waals surface area contributed by atoms with Gasteiger partial charge in [-0.25, -0.2) is 4.39 Å². The smallest absolute Gasteiger partial charge is 0.276 e. The van der Waals surface area contributed by atoms with Gasteiger partial charge in [-0.15, -0.1) is 5.10 Å². The third-order valence-corrected chi connectivity index (χ3v) is 4.34. The molecule has 0 radical (unpaired) electrons. The van der Waals surface area contributed by atoms with E-state index in [2.05, 4.69) is 15.5 Å².